The lowest BCUT2D eigenvalue weighted by atomic mass is 9.96. The fourth-order valence-corrected chi connectivity index (χ4v) is 6.01. The van der Waals surface area contributed by atoms with Gasteiger partial charge in [0.2, 0.25) is 5.91 Å². The zero-order valence-corrected chi connectivity index (χ0v) is 19.0. The molecule has 2 aromatic rings. The Balaban J connectivity index is 1.37. The molecule has 3 fully saturated rings. The van der Waals surface area contributed by atoms with Crippen molar-refractivity contribution in [3.63, 3.8) is 0 Å². The van der Waals surface area contributed by atoms with Gasteiger partial charge in [0.1, 0.15) is 23.6 Å². The SMILES string of the molecule is CC1(C)[C@@H]2[C@@H](C(=O)N[C@H](C#N)C[C@@H]3CCCC3=O)N(C(=O)c3cc4cc(F)c(F)cc4[nH]3)C[C@@H]21. The number of aromatic amines is 1. The van der Waals surface area contributed by atoms with E-state index in [1.54, 1.807) is 0 Å². The Morgan fingerprint density at radius 3 is 2.71 bits per heavy atom. The molecule has 2 amide bonds. The van der Waals surface area contributed by atoms with Crippen molar-refractivity contribution < 1.29 is 23.2 Å². The minimum Gasteiger partial charge on any atom is -0.350 e. The van der Waals surface area contributed by atoms with Crippen LogP contribution in [0.25, 0.3) is 10.9 Å². The lowest BCUT2D eigenvalue weighted by molar-refractivity contribution is -0.127. The number of carbonyl (C=O) groups excluding carboxylic acids is 3. The Morgan fingerprint density at radius 2 is 2.03 bits per heavy atom. The summed E-state index contributed by atoms with van der Waals surface area (Å²) in [6.45, 7) is 4.49. The number of carbonyl (C=O) groups is 3. The number of ketones is 1. The average Bonchev–Trinajstić information content (AvgIpc) is 3.28. The van der Waals surface area contributed by atoms with Gasteiger partial charge in [-0.3, -0.25) is 14.4 Å². The molecule has 5 rings (SSSR count). The van der Waals surface area contributed by atoms with Gasteiger partial charge in [-0.2, -0.15) is 5.26 Å². The predicted octanol–water partition coefficient (Wildman–Crippen LogP) is 3.31. The number of benzene rings is 1. The monoisotopic (exact) mass is 468 g/mol. The van der Waals surface area contributed by atoms with Gasteiger partial charge in [0.05, 0.1) is 6.07 Å². The van der Waals surface area contributed by atoms with Crippen LogP contribution in [-0.4, -0.2) is 46.1 Å². The van der Waals surface area contributed by atoms with Crippen molar-refractivity contribution in [3.8, 4) is 6.07 Å². The van der Waals surface area contributed by atoms with Crippen LogP contribution in [0.4, 0.5) is 8.78 Å². The van der Waals surface area contributed by atoms with Gasteiger partial charge < -0.3 is 15.2 Å². The van der Waals surface area contributed by atoms with Crippen LogP contribution in [0.3, 0.4) is 0 Å². The fraction of sp³-hybridized carbons (Fsp3) is 0.520. The largest absolute Gasteiger partial charge is 0.350 e. The van der Waals surface area contributed by atoms with E-state index >= 15 is 0 Å². The lowest BCUT2D eigenvalue weighted by Crippen LogP contribution is -2.52. The van der Waals surface area contributed by atoms with Crippen LogP contribution in [0.5, 0.6) is 0 Å². The third-order valence-electron chi connectivity index (χ3n) is 8.05. The summed E-state index contributed by atoms with van der Waals surface area (Å²) in [4.78, 5) is 43.0. The van der Waals surface area contributed by atoms with Crippen molar-refractivity contribution in [1.82, 2.24) is 15.2 Å². The van der Waals surface area contributed by atoms with Crippen LogP contribution >= 0.6 is 0 Å². The fourth-order valence-electron chi connectivity index (χ4n) is 6.01. The number of nitrogens with one attached hydrogen (secondary N) is 2. The molecule has 9 heteroatoms. The Kier molecular flexibility index (Phi) is 5.23. The number of aromatic nitrogens is 1. The summed E-state index contributed by atoms with van der Waals surface area (Å²) in [6.07, 6.45) is 2.31. The highest BCUT2D eigenvalue weighted by molar-refractivity contribution is 6.01. The summed E-state index contributed by atoms with van der Waals surface area (Å²) in [6, 6.07) is 3.99. The Labute approximate surface area is 195 Å². The predicted molar refractivity (Wildman–Crippen MR) is 118 cm³/mol. The molecule has 1 saturated heterocycles. The Bertz CT molecular complexity index is 1210. The number of H-pyrrole nitrogens is 1. The highest BCUT2D eigenvalue weighted by Gasteiger charge is 2.69. The summed E-state index contributed by atoms with van der Waals surface area (Å²) < 4.78 is 27.2. The summed E-state index contributed by atoms with van der Waals surface area (Å²) >= 11 is 0. The highest BCUT2D eigenvalue weighted by atomic mass is 19.2. The highest BCUT2D eigenvalue weighted by Crippen LogP contribution is 2.65. The van der Waals surface area contributed by atoms with E-state index in [-0.39, 0.29) is 41.1 Å². The van der Waals surface area contributed by atoms with E-state index in [2.05, 4.69) is 30.2 Å². The topological polar surface area (TPSA) is 106 Å². The number of Topliss-reactive ketones (excluding diaryl/α,β-unsaturated/α-hetero) is 1. The van der Waals surface area contributed by atoms with E-state index < -0.39 is 35.5 Å². The Hall–Kier alpha value is -3.28. The van der Waals surface area contributed by atoms with Gasteiger partial charge in [-0.25, -0.2) is 8.78 Å². The van der Waals surface area contributed by atoms with Gasteiger partial charge in [-0.1, -0.05) is 13.8 Å². The molecular weight excluding hydrogens is 442 g/mol. The molecule has 34 heavy (non-hydrogen) atoms. The number of hydrogen-bond donors (Lipinski definition) is 2. The second-order valence-electron chi connectivity index (χ2n) is 10.4. The van der Waals surface area contributed by atoms with Crippen LogP contribution in [-0.2, 0) is 9.59 Å². The third kappa shape index (κ3) is 3.56. The van der Waals surface area contributed by atoms with Crippen molar-refractivity contribution in [2.75, 3.05) is 6.54 Å². The van der Waals surface area contributed by atoms with E-state index in [0.29, 0.717) is 23.9 Å². The number of nitrogens with zero attached hydrogens (tertiary/aromatic N) is 2. The van der Waals surface area contributed by atoms with Crippen LogP contribution in [0.2, 0.25) is 0 Å². The number of halogens is 2. The second kappa shape index (κ2) is 7.90. The zero-order chi connectivity index (χ0) is 24.4. The number of rotatable bonds is 5. The minimum atomic E-state index is -1.02. The first-order chi connectivity index (χ1) is 16.1. The van der Waals surface area contributed by atoms with Gasteiger partial charge in [0, 0.05) is 35.9 Å². The first-order valence-electron chi connectivity index (χ1n) is 11.6. The maximum atomic E-state index is 13.6. The normalized spacial score (nSPS) is 28.0. The summed E-state index contributed by atoms with van der Waals surface area (Å²) in [5.41, 5.74) is 0.318. The number of amides is 2. The molecule has 2 heterocycles. The summed E-state index contributed by atoms with van der Waals surface area (Å²) in [5.74, 6) is -2.86. The summed E-state index contributed by atoms with van der Waals surface area (Å²) in [5, 5.41) is 12.7. The quantitative estimate of drug-likeness (QED) is 0.702. The number of fused-ring (bicyclic) bond motifs is 2. The molecule has 7 nitrogen and oxygen atoms in total. The van der Waals surface area contributed by atoms with Crippen molar-refractivity contribution in [2.45, 2.75) is 51.6 Å². The number of hydrogen-bond acceptors (Lipinski definition) is 4. The molecular formula is C25H26F2N4O3. The van der Waals surface area contributed by atoms with Gasteiger partial charge in [-0.15, -0.1) is 0 Å². The summed E-state index contributed by atoms with van der Waals surface area (Å²) in [7, 11) is 0. The molecule has 2 aliphatic carbocycles. The minimum absolute atomic E-state index is 0.0526. The van der Waals surface area contributed by atoms with Crippen molar-refractivity contribution >= 4 is 28.5 Å². The molecule has 5 atom stereocenters. The number of nitriles is 1. The van der Waals surface area contributed by atoms with Gasteiger partial charge in [0.25, 0.3) is 5.91 Å². The van der Waals surface area contributed by atoms with Crippen molar-refractivity contribution in [3.05, 3.63) is 35.5 Å². The second-order valence-corrected chi connectivity index (χ2v) is 10.4. The maximum absolute atomic E-state index is 13.6. The molecule has 0 radical (unpaired) electrons. The smallest absolute Gasteiger partial charge is 0.271 e. The van der Waals surface area contributed by atoms with Crippen LogP contribution in [0, 0.1) is 46.1 Å². The van der Waals surface area contributed by atoms with E-state index in [1.807, 2.05) is 0 Å². The molecule has 178 valence electrons. The van der Waals surface area contributed by atoms with Crippen LogP contribution in [0.1, 0.15) is 50.0 Å². The molecule has 1 aliphatic heterocycles. The third-order valence-corrected chi connectivity index (χ3v) is 8.05. The molecule has 2 saturated carbocycles. The number of likely N-dealkylation sites (tertiary alicyclic amines) is 1. The average molecular weight is 469 g/mol. The van der Waals surface area contributed by atoms with Gasteiger partial charge in [-0.05, 0) is 48.6 Å². The zero-order valence-electron chi connectivity index (χ0n) is 19.0. The van der Waals surface area contributed by atoms with Gasteiger partial charge >= 0.3 is 0 Å². The van der Waals surface area contributed by atoms with Crippen LogP contribution in [0.15, 0.2) is 18.2 Å². The van der Waals surface area contributed by atoms with Crippen LogP contribution < -0.4 is 5.32 Å². The molecule has 3 aliphatic rings. The van der Waals surface area contributed by atoms with E-state index in [0.717, 1.165) is 25.0 Å². The van der Waals surface area contributed by atoms with Crippen molar-refractivity contribution in [2.24, 2.45) is 23.2 Å². The van der Waals surface area contributed by atoms with Gasteiger partial charge in [0.15, 0.2) is 11.6 Å². The molecule has 1 aromatic heterocycles. The van der Waals surface area contributed by atoms with E-state index in [9.17, 15) is 28.4 Å². The van der Waals surface area contributed by atoms with E-state index in [4.69, 9.17) is 0 Å². The first kappa shape index (κ1) is 22.5. The molecule has 0 bridgehead atoms. The molecule has 1 aromatic carbocycles. The Morgan fingerprint density at radius 1 is 1.29 bits per heavy atom. The van der Waals surface area contributed by atoms with Crippen molar-refractivity contribution in [1.29, 1.82) is 5.26 Å². The lowest BCUT2D eigenvalue weighted by Gasteiger charge is -2.30. The number of piperidine rings is 1. The molecule has 0 unspecified atom stereocenters. The molecule has 2 N–H and O–H groups in total. The standard InChI is InChI=1S/C25H26F2N4O3/c1-25(2)15-11-31(24(34)19-8-13-7-16(26)17(27)9-18(13)30-19)22(21(15)25)23(33)29-14(10-28)6-12-4-3-5-20(12)32/h7-9,12,14-15,21-22,30H,3-6,11H2,1-2H3,(H,29,33)/t12-,14-,15-,21-,22-/m0/s1. The molecule has 0 spiro atoms. The maximum Gasteiger partial charge on any atom is 0.271 e. The first-order valence-corrected chi connectivity index (χ1v) is 11.6. The van der Waals surface area contributed by atoms with E-state index in [1.165, 1.54) is 11.0 Å².